The Hall–Kier alpha value is -1.94. The molecule has 3 N–H and O–H groups in total. The van der Waals surface area contributed by atoms with Crippen molar-refractivity contribution in [1.82, 2.24) is 0 Å². The smallest absolute Gasteiger partial charge is 0.462 e. The molecule has 0 bridgehead atoms. The van der Waals surface area contributed by atoms with Crippen molar-refractivity contribution in [3.8, 4) is 0 Å². The zero-order valence-corrected chi connectivity index (χ0v) is 52.4. The highest BCUT2D eigenvalue weighted by Gasteiger charge is 2.30. The van der Waals surface area contributed by atoms with Crippen LogP contribution in [0.25, 0.3) is 0 Å². The minimum absolute atomic E-state index is 0.104. The molecule has 0 fully saturated rings. The summed E-state index contributed by atoms with van der Waals surface area (Å²) < 4.78 is 67.6. The predicted octanol–water partition coefficient (Wildman–Crippen LogP) is 16.1. The number of carbonyl (C=O) groups excluding carboxylic acids is 4. The van der Waals surface area contributed by atoms with Gasteiger partial charge in [-0.15, -0.1) is 0 Å². The third-order valence-corrected chi connectivity index (χ3v) is 15.6. The minimum Gasteiger partial charge on any atom is -0.462 e. The van der Waals surface area contributed by atoms with Crippen LogP contribution < -0.4 is 0 Å². The third kappa shape index (κ3) is 55.0. The van der Waals surface area contributed by atoms with Crippen molar-refractivity contribution in [3.63, 3.8) is 0 Å². The molecule has 468 valence electrons. The average molecular weight is 1170 g/mol. The molecule has 0 aliphatic rings. The highest BCUT2D eigenvalue weighted by Crippen LogP contribution is 2.45. The lowest BCUT2D eigenvalue weighted by atomic mass is 10.0. The molecular weight excluding hydrogens is 1050 g/mol. The zero-order chi connectivity index (χ0) is 58.7. The summed E-state index contributed by atoms with van der Waals surface area (Å²) in [6.07, 6.45) is 34.0. The van der Waals surface area contributed by atoms with Crippen molar-refractivity contribution < 1.29 is 80.2 Å². The average Bonchev–Trinajstić information content (AvgIpc) is 3.40. The Bertz CT molecular complexity index is 1560. The molecule has 0 radical (unpaired) electrons. The van der Waals surface area contributed by atoms with E-state index in [9.17, 15) is 43.2 Å². The number of aliphatic hydroxyl groups is 1. The normalized spacial score (nSPS) is 14.4. The van der Waals surface area contributed by atoms with Gasteiger partial charge in [-0.1, -0.05) is 241 Å². The van der Waals surface area contributed by atoms with E-state index < -0.39 is 97.5 Å². The molecule has 0 saturated carbocycles. The third-order valence-electron chi connectivity index (χ3n) is 13.7. The Morgan fingerprint density at radius 1 is 0.342 bits per heavy atom. The quantitative estimate of drug-likeness (QED) is 0.0222. The van der Waals surface area contributed by atoms with E-state index in [-0.39, 0.29) is 25.7 Å². The van der Waals surface area contributed by atoms with E-state index in [0.717, 1.165) is 115 Å². The van der Waals surface area contributed by atoms with Gasteiger partial charge in [-0.25, -0.2) is 9.13 Å². The summed E-state index contributed by atoms with van der Waals surface area (Å²) in [6, 6.07) is 0. The van der Waals surface area contributed by atoms with Gasteiger partial charge in [0.1, 0.15) is 19.3 Å². The summed E-state index contributed by atoms with van der Waals surface area (Å²) in [4.78, 5) is 71.7. The lowest BCUT2D eigenvalue weighted by Gasteiger charge is -2.21. The Morgan fingerprint density at radius 3 is 0.861 bits per heavy atom. The van der Waals surface area contributed by atoms with E-state index in [2.05, 4.69) is 41.5 Å². The summed E-state index contributed by atoms with van der Waals surface area (Å²) in [5.41, 5.74) is 0. The van der Waals surface area contributed by atoms with E-state index >= 15 is 0 Å². The van der Waals surface area contributed by atoms with Crippen LogP contribution in [0.5, 0.6) is 0 Å². The van der Waals surface area contributed by atoms with Gasteiger partial charge in [-0.3, -0.25) is 37.3 Å². The minimum atomic E-state index is -4.94. The number of unbranched alkanes of at least 4 members (excludes halogenated alkanes) is 29. The van der Waals surface area contributed by atoms with Gasteiger partial charge in [0.15, 0.2) is 12.2 Å². The number of rotatable bonds is 59. The maximum Gasteiger partial charge on any atom is 0.472 e. The Kier molecular flexibility index (Phi) is 51.5. The van der Waals surface area contributed by atoms with Gasteiger partial charge in [0, 0.05) is 25.7 Å². The standard InChI is InChI=1S/C60H116O17P2/c1-7-9-11-13-14-25-32-38-44-59(64)76-55(48-70-57(62)42-36-28-12-10-8-2)50-74-78(66,67)72-46-54(61)47-73-79(68,69)75-51-56(49-71-58(63)43-37-31-27-22-24-30-35-41-53(5)6)77-60(65)45-39-33-26-21-19-17-15-16-18-20-23-29-34-40-52(3)4/h52-56,61H,7-51H2,1-6H3,(H,66,67)(H,68,69)/t54-,55+,56+/m0/s1. The predicted molar refractivity (Wildman–Crippen MR) is 312 cm³/mol. The second-order valence-electron chi connectivity index (χ2n) is 22.7. The Morgan fingerprint density at radius 2 is 0.582 bits per heavy atom. The number of hydrogen-bond donors (Lipinski definition) is 3. The molecule has 0 saturated heterocycles. The molecule has 0 rings (SSSR count). The monoisotopic (exact) mass is 1170 g/mol. The molecule has 2 unspecified atom stereocenters. The fourth-order valence-corrected chi connectivity index (χ4v) is 10.4. The van der Waals surface area contributed by atoms with Gasteiger partial charge in [0.05, 0.1) is 26.4 Å². The van der Waals surface area contributed by atoms with Crippen molar-refractivity contribution in [1.29, 1.82) is 0 Å². The van der Waals surface area contributed by atoms with Gasteiger partial charge in [0.2, 0.25) is 0 Å². The van der Waals surface area contributed by atoms with Crippen LogP contribution in [-0.2, 0) is 65.4 Å². The van der Waals surface area contributed by atoms with E-state index in [4.69, 9.17) is 37.0 Å². The van der Waals surface area contributed by atoms with Gasteiger partial charge < -0.3 is 33.8 Å². The first-order chi connectivity index (χ1) is 37.9. The van der Waals surface area contributed by atoms with E-state index in [1.54, 1.807) is 0 Å². The van der Waals surface area contributed by atoms with Gasteiger partial charge in [0.25, 0.3) is 0 Å². The molecule has 0 aromatic rings. The molecule has 0 spiro atoms. The van der Waals surface area contributed by atoms with Gasteiger partial charge in [-0.2, -0.15) is 0 Å². The van der Waals surface area contributed by atoms with Crippen LogP contribution in [0.1, 0.15) is 292 Å². The molecule has 0 amide bonds. The van der Waals surface area contributed by atoms with Crippen molar-refractivity contribution in [2.75, 3.05) is 39.6 Å². The maximum absolute atomic E-state index is 12.9. The molecule has 17 nitrogen and oxygen atoms in total. The molecule has 19 heteroatoms. The van der Waals surface area contributed by atoms with Gasteiger partial charge in [-0.05, 0) is 37.5 Å². The first kappa shape index (κ1) is 77.1. The lowest BCUT2D eigenvalue weighted by Crippen LogP contribution is -2.30. The Labute approximate surface area is 479 Å². The maximum atomic E-state index is 12.9. The SMILES string of the molecule is CCCCCCCCCCC(=O)O[C@H](COC(=O)CCCCCCC)COP(=O)(O)OC[C@H](O)COP(=O)(O)OC[C@@H](COC(=O)CCCCCCCCCC(C)C)OC(=O)CCCCCCCCCCCCCCCC(C)C. The highest BCUT2D eigenvalue weighted by atomic mass is 31.2. The second-order valence-corrected chi connectivity index (χ2v) is 25.6. The van der Waals surface area contributed by atoms with Gasteiger partial charge >= 0.3 is 39.5 Å². The number of carbonyl (C=O) groups is 4. The van der Waals surface area contributed by atoms with Crippen LogP contribution in [0.3, 0.4) is 0 Å². The topological polar surface area (TPSA) is 237 Å². The van der Waals surface area contributed by atoms with Crippen molar-refractivity contribution in [2.24, 2.45) is 11.8 Å². The van der Waals surface area contributed by atoms with E-state index in [0.29, 0.717) is 31.6 Å². The fraction of sp³-hybridized carbons (Fsp3) is 0.933. The summed E-state index contributed by atoms with van der Waals surface area (Å²) in [6.45, 7) is 9.31. The van der Waals surface area contributed by atoms with Crippen molar-refractivity contribution in [3.05, 3.63) is 0 Å². The van der Waals surface area contributed by atoms with Crippen LogP contribution in [-0.4, -0.2) is 96.7 Å². The van der Waals surface area contributed by atoms with Crippen LogP contribution in [0.4, 0.5) is 0 Å². The first-order valence-corrected chi connectivity index (χ1v) is 34.5. The van der Waals surface area contributed by atoms with Crippen LogP contribution >= 0.6 is 15.6 Å². The number of aliphatic hydroxyl groups excluding tert-OH is 1. The number of phosphoric ester groups is 2. The molecule has 0 aliphatic carbocycles. The van der Waals surface area contributed by atoms with Crippen LogP contribution in [0, 0.1) is 11.8 Å². The number of phosphoric acid groups is 2. The molecular formula is C60H116O17P2. The number of ether oxygens (including phenoxy) is 4. The summed E-state index contributed by atoms with van der Waals surface area (Å²) in [5, 5.41) is 10.5. The number of hydrogen-bond acceptors (Lipinski definition) is 15. The second kappa shape index (κ2) is 52.8. The largest absolute Gasteiger partial charge is 0.472 e. The Balaban J connectivity index is 5.15. The number of esters is 4. The van der Waals surface area contributed by atoms with Crippen LogP contribution in [0.15, 0.2) is 0 Å². The van der Waals surface area contributed by atoms with E-state index in [1.807, 2.05) is 0 Å². The molecule has 79 heavy (non-hydrogen) atoms. The first-order valence-electron chi connectivity index (χ1n) is 31.5. The van der Waals surface area contributed by atoms with Crippen molar-refractivity contribution in [2.45, 2.75) is 310 Å². The molecule has 0 aromatic heterocycles. The molecule has 0 aromatic carbocycles. The summed E-state index contributed by atoms with van der Waals surface area (Å²) in [5.74, 6) is -0.662. The highest BCUT2D eigenvalue weighted by molar-refractivity contribution is 7.47. The van der Waals surface area contributed by atoms with E-state index in [1.165, 1.54) is 89.9 Å². The van der Waals surface area contributed by atoms with Crippen molar-refractivity contribution >= 4 is 39.5 Å². The fourth-order valence-electron chi connectivity index (χ4n) is 8.82. The lowest BCUT2D eigenvalue weighted by molar-refractivity contribution is -0.161. The zero-order valence-electron chi connectivity index (χ0n) is 50.7. The molecule has 0 aliphatic heterocycles. The molecule has 0 heterocycles. The molecule has 5 atom stereocenters. The summed E-state index contributed by atoms with van der Waals surface area (Å²) in [7, 11) is -9.87. The summed E-state index contributed by atoms with van der Waals surface area (Å²) >= 11 is 0. The van der Waals surface area contributed by atoms with Crippen LogP contribution in [0.2, 0.25) is 0 Å².